The van der Waals surface area contributed by atoms with E-state index < -0.39 is 6.51 Å². The van der Waals surface area contributed by atoms with Gasteiger partial charge in [0.15, 0.2) is 0 Å². The van der Waals surface area contributed by atoms with Crippen LogP contribution in [0.3, 0.4) is 0 Å². The Morgan fingerprint density at radius 2 is 0.583 bits per heavy atom. The minimum absolute atomic E-state index is 0. The standard InChI is InChI=1S/2C5H5.CH.Fe/c2*1-2-4-5-3-1;;/h2*1-5H;1H;. The molecule has 10 aliphatic rings. The predicted molar refractivity (Wildman–Crippen MR) is 41.8 cm³/mol. The second kappa shape index (κ2) is 0.224. The quantitative estimate of drug-likeness (QED) is 0.523. The van der Waals surface area contributed by atoms with Crippen LogP contribution >= 0.6 is 0 Å². The van der Waals surface area contributed by atoms with E-state index in [0.717, 1.165) is 0 Å². The van der Waals surface area contributed by atoms with E-state index in [1.165, 1.54) is 0 Å². The van der Waals surface area contributed by atoms with Crippen LogP contribution < -0.4 is 0 Å². The molecule has 0 unspecified atom stereocenters. The normalized spacial score (nSPS) is 157. The van der Waals surface area contributed by atoms with Gasteiger partial charge in [-0.25, -0.2) is 0 Å². The molecule has 10 aliphatic heterocycles. The SMILES string of the molecule is [CH].[CH]12[CH]3[CH]4[CH]5[CH]1[Fe]23451678[CH]2[CH]1[CH]6[CH]7[CH]28. The van der Waals surface area contributed by atoms with Crippen molar-refractivity contribution < 1.29 is 6.51 Å². The van der Waals surface area contributed by atoms with Crippen molar-refractivity contribution in [1.29, 1.82) is 0 Å². The fourth-order valence-corrected chi connectivity index (χ4v) is 88.0. The van der Waals surface area contributed by atoms with Gasteiger partial charge in [-0.15, -0.1) is 0 Å². The maximum absolute atomic E-state index is 2.28. The van der Waals surface area contributed by atoms with Crippen LogP contribution in [0, 0.1) is 7.43 Å². The van der Waals surface area contributed by atoms with Gasteiger partial charge in [-0.1, -0.05) is 0 Å². The zero-order valence-electron chi connectivity index (χ0n) is 6.70. The summed E-state index contributed by atoms with van der Waals surface area (Å²) in [4.78, 5) is 15.9. The van der Waals surface area contributed by atoms with Crippen LogP contribution in [0.1, 0.15) is 0 Å². The number of rotatable bonds is 0. The molecule has 10 heterocycles. The van der Waals surface area contributed by atoms with E-state index >= 15 is 0 Å². The van der Waals surface area contributed by atoms with E-state index in [1.807, 2.05) is 0 Å². The third-order valence-corrected chi connectivity index (χ3v) is 56.5. The Balaban J connectivity index is 0.000000400. The molecule has 0 nitrogen and oxygen atoms in total. The first-order valence-electron chi connectivity index (χ1n) is 5.37. The monoisotopic (exact) mass is 199 g/mol. The molecule has 0 aromatic rings. The van der Waals surface area contributed by atoms with Gasteiger partial charge in [0.1, 0.15) is 0 Å². The van der Waals surface area contributed by atoms with Crippen molar-refractivity contribution in [2.75, 3.05) is 0 Å². The first-order valence-corrected chi connectivity index (χ1v) is 11.7. The summed E-state index contributed by atoms with van der Waals surface area (Å²) in [5.41, 5.74) is 0. The second-order valence-corrected chi connectivity index (χ2v) is 33.5. The molecule has 63 valence electrons. The van der Waals surface area contributed by atoms with E-state index in [2.05, 4.69) is 0 Å². The molecule has 0 bridgehead atoms. The molecule has 1 heteroatoms. The van der Waals surface area contributed by atoms with Gasteiger partial charge in [-0.05, 0) is 7.43 Å². The molecule has 0 aromatic carbocycles. The number of hydrogen-bond acceptors (Lipinski definition) is 0. The molecule has 0 aromatic heterocycles. The molecule has 0 aliphatic carbocycles. The summed E-state index contributed by atoms with van der Waals surface area (Å²) in [7, 11) is 0. The zero-order valence-corrected chi connectivity index (χ0v) is 7.81. The Hall–Kier alpha value is 0.519. The third-order valence-electron chi connectivity index (χ3n) is 14.5. The molecular formula is C11H11Fe. The molecule has 0 N–H and O–H groups in total. The van der Waals surface area contributed by atoms with E-state index in [9.17, 15) is 0 Å². The average molecular weight is 199 g/mol. The first-order chi connectivity index (χ1) is 5.16. The van der Waals surface area contributed by atoms with Gasteiger partial charge in [-0.3, -0.25) is 0 Å². The van der Waals surface area contributed by atoms with Crippen molar-refractivity contribution in [2.45, 2.75) is 48.2 Å². The van der Waals surface area contributed by atoms with Gasteiger partial charge in [-0.2, -0.15) is 0 Å². The van der Waals surface area contributed by atoms with Crippen LogP contribution in [-0.2, 0) is 6.51 Å². The van der Waals surface area contributed by atoms with Crippen molar-refractivity contribution in [3.05, 3.63) is 7.43 Å². The first kappa shape index (κ1) is 3.95. The van der Waals surface area contributed by atoms with Gasteiger partial charge >= 0.3 is 54.7 Å². The zero-order chi connectivity index (χ0) is 6.09. The van der Waals surface area contributed by atoms with E-state index in [0.29, 0.717) is 0 Å². The van der Waals surface area contributed by atoms with Gasteiger partial charge in [0, 0.05) is 0 Å². The van der Waals surface area contributed by atoms with Crippen molar-refractivity contribution in [2.24, 2.45) is 0 Å². The van der Waals surface area contributed by atoms with Crippen LogP contribution in [0.25, 0.3) is 0 Å². The fraction of sp³-hybridized carbons (Fsp3) is 0.909. The summed E-state index contributed by atoms with van der Waals surface area (Å²) in [6.07, 6.45) is 0. The molecule has 3 radical (unpaired) electrons. The van der Waals surface area contributed by atoms with Gasteiger partial charge < -0.3 is 0 Å². The van der Waals surface area contributed by atoms with Crippen LogP contribution in [0.5, 0.6) is 0 Å². The number of fused-ring (bicyclic) bond motifs is 10. The van der Waals surface area contributed by atoms with Crippen LogP contribution in [0.2, 0.25) is 48.2 Å². The van der Waals surface area contributed by atoms with Crippen LogP contribution in [-0.4, -0.2) is 0 Å². The Morgan fingerprint density at radius 3 is 0.583 bits per heavy atom. The summed E-state index contributed by atoms with van der Waals surface area (Å²) in [5, 5.41) is 0. The molecule has 0 saturated carbocycles. The molecule has 1 spiro atoms. The second-order valence-electron chi connectivity index (χ2n) is 9.58. The van der Waals surface area contributed by atoms with Crippen molar-refractivity contribution in [3.8, 4) is 0 Å². The van der Waals surface area contributed by atoms with Crippen molar-refractivity contribution in [1.82, 2.24) is 0 Å². The fourth-order valence-electron chi connectivity index (χ4n) is 15.8. The van der Waals surface area contributed by atoms with Crippen LogP contribution in [0.4, 0.5) is 0 Å². The summed E-state index contributed by atoms with van der Waals surface area (Å²) in [6, 6.07) is 0. The maximum atomic E-state index is 1.59. The van der Waals surface area contributed by atoms with E-state index in [4.69, 9.17) is 0 Å². The topological polar surface area (TPSA) is 0 Å². The van der Waals surface area contributed by atoms with Crippen molar-refractivity contribution >= 4 is 0 Å². The van der Waals surface area contributed by atoms with E-state index in [-0.39, 0.29) is 7.43 Å². The Morgan fingerprint density at radius 1 is 0.417 bits per heavy atom. The number of hydrogen-bond donors (Lipinski definition) is 0. The third kappa shape index (κ3) is 0.0237. The van der Waals surface area contributed by atoms with Gasteiger partial charge in [0.25, 0.3) is 0 Å². The Bertz CT molecular complexity index is 572. The summed E-state index contributed by atoms with van der Waals surface area (Å²) < 4.78 is 0. The molecular weight excluding hydrogens is 188 g/mol. The van der Waals surface area contributed by atoms with Crippen molar-refractivity contribution in [3.63, 3.8) is 0 Å². The van der Waals surface area contributed by atoms with Gasteiger partial charge in [0.2, 0.25) is 0 Å². The Kier molecular flexibility index (Phi) is 0.0735. The van der Waals surface area contributed by atoms with E-state index in [1.54, 1.807) is 48.2 Å². The minimum atomic E-state index is -2.28. The Labute approximate surface area is 62.4 Å². The molecule has 10 saturated heterocycles. The molecule has 10 rings (SSSR count). The summed E-state index contributed by atoms with van der Waals surface area (Å²) >= 11 is 0. The van der Waals surface area contributed by atoms with Gasteiger partial charge in [0.05, 0.1) is 0 Å². The molecule has 10 fully saturated rings. The molecule has 0 atom stereocenters. The predicted octanol–water partition coefficient (Wildman–Crippen LogP) is 3.58. The molecule has 0 amide bonds. The average Bonchev–Trinajstić information content (AvgIpc) is 3.01. The summed E-state index contributed by atoms with van der Waals surface area (Å²) in [5.74, 6) is 0. The molecule has 12 heavy (non-hydrogen) atoms. The summed E-state index contributed by atoms with van der Waals surface area (Å²) in [6.45, 7) is -2.28. The van der Waals surface area contributed by atoms with Crippen LogP contribution in [0.15, 0.2) is 0 Å².